The van der Waals surface area contributed by atoms with Gasteiger partial charge in [-0.25, -0.2) is 0 Å². The summed E-state index contributed by atoms with van der Waals surface area (Å²) in [5.41, 5.74) is -0.270. The molecule has 0 amide bonds. The van der Waals surface area contributed by atoms with Crippen LogP contribution in [0.1, 0.15) is 29.7 Å². The maximum atomic E-state index is 13.1. The van der Waals surface area contributed by atoms with Gasteiger partial charge < -0.3 is 9.73 Å². The summed E-state index contributed by atoms with van der Waals surface area (Å²) in [4.78, 5) is 3.79. The van der Waals surface area contributed by atoms with Crippen molar-refractivity contribution < 1.29 is 17.6 Å². The minimum absolute atomic E-state index is 0.0187. The molecule has 0 bridgehead atoms. The fraction of sp³-hybridized carbons (Fsp3) is 0.308. The van der Waals surface area contributed by atoms with Crippen LogP contribution in [0.25, 0.3) is 0 Å². The minimum Gasteiger partial charge on any atom is -0.453 e. The van der Waals surface area contributed by atoms with Crippen LogP contribution in [0.2, 0.25) is 5.22 Å². The number of nitrogens with zero attached hydrogens (tertiary/aromatic N) is 1. The van der Waals surface area contributed by atoms with Crippen LogP contribution in [0.15, 0.2) is 35.2 Å². The van der Waals surface area contributed by atoms with E-state index in [1.54, 1.807) is 13.0 Å². The molecule has 7 heteroatoms. The lowest BCUT2D eigenvalue weighted by molar-refractivity contribution is -0.138. The number of furan rings is 1. The van der Waals surface area contributed by atoms with Crippen molar-refractivity contribution in [1.29, 1.82) is 0 Å². The number of hydrogen-bond donors (Lipinski definition) is 1. The van der Waals surface area contributed by atoms with Gasteiger partial charge in [-0.15, -0.1) is 0 Å². The van der Waals surface area contributed by atoms with E-state index in [1.807, 2.05) is 0 Å². The van der Waals surface area contributed by atoms with Gasteiger partial charge in [0.1, 0.15) is 0 Å². The third-order valence-electron chi connectivity index (χ3n) is 2.83. The first-order chi connectivity index (χ1) is 9.45. The minimum atomic E-state index is -4.46. The molecule has 3 nitrogen and oxygen atoms in total. The molecule has 0 saturated carbocycles. The number of alkyl halides is 3. The molecule has 0 aliphatic carbocycles. The molecule has 0 fully saturated rings. The van der Waals surface area contributed by atoms with Gasteiger partial charge >= 0.3 is 6.18 Å². The van der Waals surface area contributed by atoms with Crippen LogP contribution in [-0.2, 0) is 6.18 Å². The number of hydrogen-bond acceptors (Lipinski definition) is 3. The Hall–Kier alpha value is -1.53. The lowest BCUT2D eigenvalue weighted by Gasteiger charge is -2.21. The van der Waals surface area contributed by atoms with Crippen molar-refractivity contribution in [1.82, 2.24) is 10.3 Å². The summed E-state index contributed by atoms with van der Waals surface area (Å²) in [5.74, 6) is 0. The molecule has 108 valence electrons. The van der Waals surface area contributed by atoms with E-state index in [2.05, 4.69) is 10.3 Å². The third kappa shape index (κ3) is 2.96. The van der Waals surface area contributed by atoms with Crippen molar-refractivity contribution in [2.45, 2.75) is 19.1 Å². The van der Waals surface area contributed by atoms with Gasteiger partial charge in [-0.2, -0.15) is 13.2 Å². The van der Waals surface area contributed by atoms with Gasteiger partial charge in [-0.3, -0.25) is 4.98 Å². The molecule has 20 heavy (non-hydrogen) atoms. The van der Waals surface area contributed by atoms with E-state index in [9.17, 15) is 13.2 Å². The van der Waals surface area contributed by atoms with E-state index in [4.69, 9.17) is 16.0 Å². The van der Waals surface area contributed by atoms with Gasteiger partial charge in [0.15, 0.2) is 5.22 Å². The van der Waals surface area contributed by atoms with Crippen molar-refractivity contribution in [3.8, 4) is 0 Å². The Labute approximate surface area is 118 Å². The molecule has 2 aromatic rings. The Morgan fingerprint density at radius 3 is 2.65 bits per heavy atom. The van der Waals surface area contributed by atoms with Crippen molar-refractivity contribution in [2.75, 3.05) is 6.54 Å². The van der Waals surface area contributed by atoms with E-state index in [0.29, 0.717) is 12.1 Å². The maximum absolute atomic E-state index is 13.1. The third-order valence-corrected chi connectivity index (χ3v) is 3.14. The predicted octanol–water partition coefficient (Wildman–Crippen LogP) is 4.05. The molecular formula is C13H12ClF3N2O. The Balaban J connectivity index is 2.54. The largest absolute Gasteiger partial charge is 0.453 e. The highest BCUT2D eigenvalue weighted by Crippen LogP contribution is 2.37. The molecule has 1 N–H and O–H groups in total. The Bertz CT molecular complexity index is 583. The van der Waals surface area contributed by atoms with Gasteiger partial charge in [0.2, 0.25) is 0 Å². The van der Waals surface area contributed by atoms with Crippen LogP contribution < -0.4 is 5.32 Å². The van der Waals surface area contributed by atoms with E-state index < -0.39 is 17.8 Å². The molecule has 1 unspecified atom stereocenters. The monoisotopic (exact) mass is 304 g/mol. The molecule has 0 aromatic carbocycles. The molecule has 0 radical (unpaired) electrons. The van der Waals surface area contributed by atoms with Crippen molar-refractivity contribution in [2.24, 2.45) is 0 Å². The highest BCUT2D eigenvalue weighted by Gasteiger charge is 2.36. The first-order valence-electron chi connectivity index (χ1n) is 5.92. The predicted molar refractivity (Wildman–Crippen MR) is 68.5 cm³/mol. The Morgan fingerprint density at radius 1 is 1.35 bits per heavy atom. The zero-order chi connectivity index (χ0) is 14.8. The summed E-state index contributed by atoms with van der Waals surface area (Å²) in [7, 11) is 0. The number of aromatic nitrogens is 1. The van der Waals surface area contributed by atoms with Crippen molar-refractivity contribution in [3.05, 3.63) is 52.7 Å². The first kappa shape index (κ1) is 14.9. The topological polar surface area (TPSA) is 38.1 Å². The summed E-state index contributed by atoms with van der Waals surface area (Å²) < 4.78 is 44.2. The van der Waals surface area contributed by atoms with Crippen LogP contribution in [0.5, 0.6) is 0 Å². The highest BCUT2D eigenvalue weighted by molar-refractivity contribution is 6.29. The van der Waals surface area contributed by atoms with E-state index in [0.717, 1.165) is 12.3 Å². The van der Waals surface area contributed by atoms with Gasteiger partial charge in [-0.1, -0.05) is 6.92 Å². The normalized spacial score (nSPS) is 13.4. The molecule has 2 aromatic heterocycles. The van der Waals surface area contributed by atoms with Crippen LogP contribution >= 0.6 is 11.6 Å². The summed E-state index contributed by atoms with van der Waals surface area (Å²) >= 11 is 5.88. The number of rotatable bonds is 4. The standard InChI is InChI=1S/C13H12ClF3N2O/c1-2-19-11(8-4-6-20-12(8)14)9-7-18-5-3-10(9)13(15,16)17/h3-7,11,19H,2H2,1H3. The second-order valence-electron chi connectivity index (χ2n) is 4.10. The van der Waals surface area contributed by atoms with Gasteiger partial charge in [0.05, 0.1) is 17.9 Å². The first-order valence-corrected chi connectivity index (χ1v) is 6.30. The van der Waals surface area contributed by atoms with Gasteiger partial charge in [0, 0.05) is 23.5 Å². The average Bonchev–Trinajstić information content (AvgIpc) is 2.81. The van der Waals surface area contributed by atoms with Gasteiger partial charge in [-0.05, 0) is 30.3 Å². The van der Waals surface area contributed by atoms with Gasteiger partial charge in [0.25, 0.3) is 0 Å². The van der Waals surface area contributed by atoms with E-state index >= 15 is 0 Å². The van der Waals surface area contributed by atoms with E-state index in [-0.39, 0.29) is 10.8 Å². The summed E-state index contributed by atoms with van der Waals surface area (Å²) in [6, 6.07) is 1.77. The average molecular weight is 305 g/mol. The molecule has 2 rings (SSSR count). The van der Waals surface area contributed by atoms with Crippen LogP contribution in [0.4, 0.5) is 13.2 Å². The number of nitrogens with one attached hydrogen (secondary N) is 1. The lowest BCUT2D eigenvalue weighted by Crippen LogP contribution is -2.25. The van der Waals surface area contributed by atoms with Crippen LogP contribution in [0, 0.1) is 0 Å². The lowest BCUT2D eigenvalue weighted by atomic mass is 9.97. The number of pyridine rings is 1. The molecular weight excluding hydrogens is 293 g/mol. The molecule has 2 heterocycles. The molecule has 1 atom stereocenters. The zero-order valence-electron chi connectivity index (χ0n) is 10.5. The molecule has 0 aliphatic heterocycles. The second-order valence-corrected chi connectivity index (χ2v) is 4.44. The summed E-state index contributed by atoms with van der Waals surface area (Å²) in [6.45, 7) is 2.27. The summed E-state index contributed by atoms with van der Waals surface area (Å²) in [6.07, 6.45) is -0.806. The van der Waals surface area contributed by atoms with E-state index in [1.165, 1.54) is 12.5 Å². The van der Waals surface area contributed by atoms with Crippen LogP contribution in [-0.4, -0.2) is 11.5 Å². The molecule has 0 aliphatic rings. The molecule has 0 saturated heterocycles. The number of halogens is 4. The fourth-order valence-corrected chi connectivity index (χ4v) is 2.22. The summed E-state index contributed by atoms with van der Waals surface area (Å²) in [5, 5.41) is 3.03. The Kier molecular flexibility index (Phi) is 4.35. The SMILES string of the molecule is CCNC(c1cnccc1C(F)(F)F)c1ccoc1Cl. The zero-order valence-corrected chi connectivity index (χ0v) is 11.3. The quantitative estimate of drug-likeness (QED) is 0.926. The highest BCUT2D eigenvalue weighted by atomic mass is 35.5. The van der Waals surface area contributed by atoms with Crippen molar-refractivity contribution in [3.63, 3.8) is 0 Å². The van der Waals surface area contributed by atoms with Crippen molar-refractivity contribution >= 4 is 11.6 Å². The van der Waals surface area contributed by atoms with Crippen LogP contribution in [0.3, 0.4) is 0 Å². The maximum Gasteiger partial charge on any atom is 0.416 e. The second kappa shape index (κ2) is 5.85. The molecule has 0 spiro atoms. The smallest absolute Gasteiger partial charge is 0.416 e. The fourth-order valence-electron chi connectivity index (χ4n) is 2.00. The Morgan fingerprint density at radius 2 is 2.10 bits per heavy atom.